The summed E-state index contributed by atoms with van der Waals surface area (Å²) in [4.78, 5) is 49.1. The Morgan fingerprint density at radius 2 is 1.89 bits per heavy atom. The van der Waals surface area contributed by atoms with Crippen molar-refractivity contribution < 1.29 is 14.3 Å². The molecule has 2 heterocycles. The number of ether oxygens (including phenoxy) is 1. The highest BCUT2D eigenvalue weighted by molar-refractivity contribution is 6.03. The number of aromatic nitrogens is 2. The third kappa shape index (κ3) is 3.23. The molecule has 0 bridgehead atoms. The van der Waals surface area contributed by atoms with Gasteiger partial charge >= 0.3 is 5.69 Å². The Labute approximate surface area is 154 Å². The Bertz CT molecular complexity index is 1040. The molecule has 1 aliphatic rings. The third-order valence-corrected chi connectivity index (χ3v) is 4.66. The van der Waals surface area contributed by atoms with Crippen molar-refractivity contribution in [1.82, 2.24) is 14.5 Å². The van der Waals surface area contributed by atoms with Gasteiger partial charge in [-0.2, -0.15) is 0 Å². The van der Waals surface area contributed by atoms with Crippen LogP contribution in [0.4, 0.5) is 5.82 Å². The van der Waals surface area contributed by atoms with Crippen molar-refractivity contribution in [3.63, 3.8) is 0 Å². The standard InChI is InChI=1S/C18H20N4O5/c1-21-15-14(17(25)22(2)18(21)26)11(16(24)20-15)8-13(23)19-9-10-6-4-5-7-12(10)27-3/h4-7,11H,8-9H2,1-3H3,(H,19,23)(H,20,24)/t11-/m1/s1. The zero-order chi connectivity index (χ0) is 19.7. The lowest BCUT2D eigenvalue weighted by Gasteiger charge is -2.12. The van der Waals surface area contributed by atoms with Crippen LogP contribution < -0.4 is 26.6 Å². The highest BCUT2D eigenvalue weighted by Gasteiger charge is 2.37. The largest absolute Gasteiger partial charge is 0.496 e. The van der Waals surface area contributed by atoms with E-state index in [9.17, 15) is 19.2 Å². The van der Waals surface area contributed by atoms with Gasteiger partial charge < -0.3 is 15.4 Å². The summed E-state index contributed by atoms with van der Waals surface area (Å²) in [5.41, 5.74) is -0.186. The summed E-state index contributed by atoms with van der Waals surface area (Å²) in [7, 11) is 4.35. The summed E-state index contributed by atoms with van der Waals surface area (Å²) in [6.45, 7) is 0.231. The predicted molar refractivity (Wildman–Crippen MR) is 97.8 cm³/mol. The Kier molecular flexibility index (Phi) is 4.85. The van der Waals surface area contributed by atoms with Crippen LogP contribution >= 0.6 is 0 Å². The molecule has 9 nitrogen and oxygen atoms in total. The summed E-state index contributed by atoms with van der Waals surface area (Å²) in [5, 5.41) is 5.27. The monoisotopic (exact) mass is 372 g/mol. The van der Waals surface area contributed by atoms with Crippen LogP contribution in [0.25, 0.3) is 0 Å². The van der Waals surface area contributed by atoms with E-state index in [0.29, 0.717) is 5.75 Å². The maximum Gasteiger partial charge on any atom is 0.332 e. The first kappa shape index (κ1) is 18.4. The quantitative estimate of drug-likeness (QED) is 0.757. The average molecular weight is 372 g/mol. The molecule has 9 heteroatoms. The fraction of sp³-hybridized carbons (Fsp3) is 0.333. The molecule has 2 N–H and O–H groups in total. The van der Waals surface area contributed by atoms with Gasteiger partial charge in [0.25, 0.3) is 5.56 Å². The molecule has 27 heavy (non-hydrogen) atoms. The number of rotatable bonds is 5. The lowest BCUT2D eigenvalue weighted by molar-refractivity contribution is -0.125. The fourth-order valence-electron chi connectivity index (χ4n) is 3.17. The number of anilines is 1. The first-order valence-electron chi connectivity index (χ1n) is 8.34. The van der Waals surface area contributed by atoms with Crippen LogP contribution in [0, 0.1) is 0 Å². The molecule has 142 valence electrons. The van der Waals surface area contributed by atoms with Crippen molar-refractivity contribution in [3.8, 4) is 5.75 Å². The Morgan fingerprint density at radius 3 is 2.59 bits per heavy atom. The van der Waals surface area contributed by atoms with E-state index in [4.69, 9.17) is 4.74 Å². The summed E-state index contributed by atoms with van der Waals surface area (Å²) < 4.78 is 7.36. The van der Waals surface area contributed by atoms with Crippen LogP contribution in [0.5, 0.6) is 5.75 Å². The van der Waals surface area contributed by atoms with Crippen LogP contribution in [0.1, 0.15) is 23.5 Å². The van der Waals surface area contributed by atoms with E-state index in [0.717, 1.165) is 10.1 Å². The fourth-order valence-corrected chi connectivity index (χ4v) is 3.17. The molecule has 1 aromatic carbocycles. The molecule has 0 fully saturated rings. The molecule has 1 aromatic heterocycles. The van der Waals surface area contributed by atoms with Crippen LogP contribution in [0.15, 0.2) is 33.9 Å². The van der Waals surface area contributed by atoms with Crippen molar-refractivity contribution in [2.24, 2.45) is 14.1 Å². The van der Waals surface area contributed by atoms with Gasteiger partial charge in [0.15, 0.2) is 0 Å². The molecule has 0 spiro atoms. The molecule has 0 unspecified atom stereocenters. The van der Waals surface area contributed by atoms with Crippen LogP contribution in [-0.2, 0) is 30.2 Å². The molecular formula is C18H20N4O5. The van der Waals surface area contributed by atoms with Gasteiger partial charge in [0.1, 0.15) is 11.6 Å². The zero-order valence-electron chi connectivity index (χ0n) is 15.2. The van der Waals surface area contributed by atoms with Crippen molar-refractivity contribution in [2.75, 3.05) is 12.4 Å². The number of methoxy groups -OCH3 is 1. The van der Waals surface area contributed by atoms with E-state index in [-0.39, 0.29) is 30.3 Å². The SMILES string of the molecule is COc1ccccc1CNC(=O)C[C@H]1C(=O)Nc2c1c(=O)n(C)c(=O)n2C. The van der Waals surface area contributed by atoms with Crippen molar-refractivity contribution in [1.29, 1.82) is 0 Å². The zero-order valence-corrected chi connectivity index (χ0v) is 15.2. The summed E-state index contributed by atoms with van der Waals surface area (Å²) in [5.74, 6) is -1.01. The lowest BCUT2D eigenvalue weighted by Crippen LogP contribution is -2.39. The number of carbonyl (C=O) groups is 2. The minimum Gasteiger partial charge on any atom is -0.496 e. The second-order valence-corrected chi connectivity index (χ2v) is 6.30. The summed E-state index contributed by atoms with van der Waals surface area (Å²) in [6.07, 6.45) is -0.193. The van der Waals surface area contributed by atoms with Crippen molar-refractivity contribution in [3.05, 3.63) is 56.2 Å². The molecule has 0 saturated heterocycles. The maximum absolute atomic E-state index is 12.4. The smallest absolute Gasteiger partial charge is 0.332 e. The Balaban J connectivity index is 1.79. The van der Waals surface area contributed by atoms with E-state index in [1.54, 1.807) is 13.2 Å². The highest BCUT2D eigenvalue weighted by Crippen LogP contribution is 2.30. The van der Waals surface area contributed by atoms with Gasteiger partial charge in [0.2, 0.25) is 11.8 Å². The van der Waals surface area contributed by atoms with Gasteiger partial charge in [-0.1, -0.05) is 18.2 Å². The first-order chi connectivity index (χ1) is 12.8. The topological polar surface area (TPSA) is 111 Å². The number of nitrogens with zero attached hydrogens (tertiary/aromatic N) is 2. The number of hydrogen-bond donors (Lipinski definition) is 2. The minimum atomic E-state index is -0.942. The van der Waals surface area contributed by atoms with Gasteiger partial charge in [-0.3, -0.25) is 23.5 Å². The van der Waals surface area contributed by atoms with Crippen molar-refractivity contribution in [2.45, 2.75) is 18.9 Å². The second kappa shape index (κ2) is 7.10. The van der Waals surface area contributed by atoms with Gasteiger partial charge in [-0.05, 0) is 6.07 Å². The van der Waals surface area contributed by atoms with E-state index in [1.165, 1.54) is 18.7 Å². The molecule has 0 radical (unpaired) electrons. The molecule has 3 rings (SSSR count). The number of hydrogen-bond acceptors (Lipinski definition) is 5. The molecule has 1 aliphatic heterocycles. The predicted octanol–water partition coefficient (Wildman–Crippen LogP) is -0.165. The van der Waals surface area contributed by atoms with Crippen LogP contribution in [0.2, 0.25) is 0 Å². The number of amides is 2. The number of benzene rings is 1. The summed E-state index contributed by atoms with van der Waals surface area (Å²) in [6, 6.07) is 7.26. The Hall–Kier alpha value is -3.36. The highest BCUT2D eigenvalue weighted by atomic mass is 16.5. The number of nitrogens with one attached hydrogen (secondary N) is 2. The van der Waals surface area contributed by atoms with Gasteiger partial charge in [-0.15, -0.1) is 0 Å². The van der Waals surface area contributed by atoms with E-state index in [2.05, 4.69) is 10.6 Å². The van der Waals surface area contributed by atoms with Crippen LogP contribution in [0.3, 0.4) is 0 Å². The Morgan fingerprint density at radius 1 is 1.19 bits per heavy atom. The number of carbonyl (C=O) groups excluding carboxylic acids is 2. The van der Waals surface area contributed by atoms with Crippen molar-refractivity contribution >= 4 is 17.6 Å². The van der Waals surface area contributed by atoms with E-state index < -0.39 is 23.1 Å². The van der Waals surface area contributed by atoms with Crippen LogP contribution in [-0.4, -0.2) is 28.1 Å². The molecule has 2 amide bonds. The molecule has 2 aromatic rings. The molecule has 0 saturated carbocycles. The van der Waals surface area contributed by atoms with Gasteiger partial charge in [0.05, 0.1) is 18.6 Å². The minimum absolute atomic E-state index is 0.136. The van der Waals surface area contributed by atoms with Gasteiger partial charge in [0, 0.05) is 32.6 Å². The molecular weight excluding hydrogens is 352 g/mol. The second-order valence-electron chi connectivity index (χ2n) is 6.30. The average Bonchev–Trinajstić information content (AvgIpc) is 2.99. The van der Waals surface area contributed by atoms with E-state index in [1.807, 2.05) is 18.2 Å². The lowest BCUT2D eigenvalue weighted by atomic mass is 9.99. The first-order valence-corrected chi connectivity index (χ1v) is 8.34. The molecule has 1 atom stereocenters. The number of fused-ring (bicyclic) bond motifs is 1. The third-order valence-electron chi connectivity index (χ3n) is 4.66. The maximum atomic E-state index is 12.4. The molecule has 0 aliphatic carbocycles. The normalized spacial score (nSPS) is 15.2. The van der Waals surface area contributed by atoms with Gasteiger partial charge in [-0.25, -0.2) is 4.79 Å². The number of para-hydroxylation sites is 1. The van der Waals surface area contributed by atoms with E-state index >= 15 is 0 Å². The summed E-state index contributed by atoms with van der Waals surface area (Å²) >= 11 is 0.